The van der Waals surface area contributed by atoms with Crippen molar-refractivity contribution in [1.29, 1.82) is 0 Å². The van der Waals surface area contributed by atoms with Gasteiger partial charge in [-0.05, 0) is 42.0 Å². The maximum absolute atomic E-state index is 13.3. The van der Waals surface area contributed by atoms with Crippen LogP contribution in [0, 0.1) is 5.82 Å². The van der Waals surface area contributed by atoms with Crippen molar-refractivity contribution in [3.8, 4) is 5.75 Å². The quantitative estimate of drug-likeness (QED) is 0.673. The molecule has 3 nitrogen and oxygen atoms in total. The highest BCUT2D eigenvalue weighted by Gasteiger charge is 2.14. The number of anilines is 1. The molecule has 0 aliphatic rings. The van der Waals surface area contributed by atoms with Gasteiger partial charge in [0.25, 0.3) is 5.91 Å². The Morgan fingerprint density at radius 3 is 2.56 bits per heavy atom. The number of benzene rings is 3. The molecule has 3 aromatic rings. The lowest BCUT2D eigenvalue weighted by atomic mass is 10.1. The van der Waals surface area contributed by atoms with Gasteiger partial charge in [-0.3, -0.25) is 4.79 Å². The zero-order valence-corrected chi connectivity index (χ0v) is 14.0. The Kier molecular flexibility index (Phi) is 5.31. The summed E-state index contributed by atoms with van der Waals surface area (Å²) in [6, 6.07) is 20.1. The van der Waals surface area contributed by atoms with Crippen molar-refractivity contribution in [2.24, 2.45) is 0 Å². The Morgan fingerprint density at radius 1 is 1.00 bits per heavy atom. The van der Waals surface area contributed by atoms with Gasteiger partial charge < -0.3 is 10.1 Å². The predicted octanol–water partition coefficient (Wildman–Crippen LogP) is 5.31. The van der Waals surface area contributed by atoms with Gasteiger partial charge in [-0.15, -0.1) is 0 Å². The molecule has 0 aromatic heterocycles. The Bertz CT molecular complexity index is 884. The minimum Gasteiger partial charge on any atom is -0.488 e. The molecular weight excluding hydrogens is 341 g/mol. The van der Waals surface area contributed by atoms with Gasteiger partial charge >= 0.3 is 0 Å². The Labute approximate surface area is 150 Å². The molecule has 1 N–H and O–H groups in total. The fourth-order valence-corrected chi connectivity index (χ4v) is 2.48. The number of ether oxygens (including phenoxy) is 1. The van der Waals surface area contributed by atoms with Gasteiger partial charge in [0, 0.05) is 10.7 Å². The summed E-state index contributed by atoms with van der Waals surface area (Å²) >= 11 is 6.01. The third kappa shape index (κ3) is 4.58. The molecule has 25 heavy (non-hydrogen) atoms. The number of halogens is 2. The molecule has 0 aliphatic heterocycles. The first-order valence-corrected chi connectivity index (χ1v) is 8.03. The fraction of sp³-hybridized carbons (Fsp3) is 0.0500. The van der Waals surface area contributed by atoms with E-state index in [1.54, 1.807) is 18.2 Å². The van der Waals surface area contributed by atoms with Crippen molar-refractivity contribution < 1.29 is 13.9 Å². The van der Waals surface area contributed by atoms with Gasteiger partial charge in [0.15, 0.2) is 0 Å². The molecular formula is C20H15ClFNO2. The van der Waals surface area contributed by atoms with E-state index in [4.69, 9.17) is 16.3 Å². The zero-order valence-electron chi connectivity index (χ0n) is 13.2. The van der Waals surface area contributed by atoms with Gasteiger partial charge in [-0.2, -0.15) is 0 Å². The summed E-state index contributed by atoms with van der Waals surface area (Å²) in [5.74, 6) is -0.442. The highest BCUT2D eigenvalue weighted by Crippen LogP contribution is 2.25. The number of nitrogens with one attached hydrogen (secondary N) is 1. The number of hydrogen-bond donors (Lipinski definition) is 1. The van der Waals surface area contributed by atoms with Crippen molar-refractivity contribution >= 4 is 23.2 Å². The van der Waals surface area contributed by atoms with E-state index in [9.17, 15) is 9.18 Å². The smallest absolute Gasteiger partial charge is 0.259 e. The van der Waals surface area contributed by atoms with Crippen LogP contribution in [0.25, 0.3) is 0 Å². The molecule has 0 bridgehead atoms. The van der Waals surface area contributed by atoms with Crippen molar-refractivity contribution in [3.63, 3.8) is 0 Å². The van der Waals surface area contributed by atoms with Crippen LogP contribution in [0.5, 0.6) is 5.75 Å². The molecule has 126 valence electrons. The monoisotopic (exact) mass is 355 g/mol. The molecule has 0 saturated carbocycles. The average molecular weight is 356 g/mol. The molecule has 0 fully saturated rings. The second kappa shape index (κ2) is 7.81. The minimum absolute atomic E-state index is 0.285. The summed E-state index contributed by atoms with van der Waals surface area (Å²) < 4.78 is 19.0. The van der Waals surface area contributed by atoms with E-state index in [0.717, 1.165) is 5.56 Å². The van der Waals surface area contributed by atoms with Crippen LogP contribution in [0.15, 0.2) is 72.8 Å². The highest BCUT2D eigenvalue weighted by atomic mass is 35.5. The molecule has 0 radical (unpaired) electrons. The van der Waals surface area contributed by atoms with Gasteiger partial charge in [0.05, 0.1) is 5.56 Å². The lowest BCUT2D eigenvalue weighted by molar-refractivity contribution is 0.102. The average Bonchev–Trinajstić information content (AvgIpc) is 2.61. The molecule has 3 aromatic carbocycles. The third-order valence-corrected chi connectivity index (χ3v) is 3.74. The van der Waals surface area contributed by atoms with Crippen LogP contribution in [-0.4, -0.2) is 5.91 Å². The van der Waals surface area contributed by atoms with E-state index in [2.05, 4.69) is 5.32 Å². The standard InChI is InChI=1S/C20H15ClFNO2/c21-15-9-10-19(25-13-14-5-2-1-3-6-14)18(11-15)20(24)23-17-8-4-7-16(22)12-17/h1-12H,13H2,(H,23,24). The van der Waals surface area contributed by atoms with Crippen LogP contribution < -0.4 is 10.1 Å². The van der Waals surface area contributed by atoms with E-state index in [-0.39, 0.29) is 5.56 Å². The van der Waals surface area contributed by atoms with Crippen LogP contribution in [0.1, 0.15) is 15.9 Å². The summed E-state index contributed by atoms with van der Waals surface area (Å²) in [5, 5.41) is 3.06. The summed E-state index contributed by atoms with van der Waals surface area (Å²) in [6.07, 6.45) is 0. The number of amides is 1. The zero-order chi connectivity index (χ0) is 17.6. The highest BCUT2D eigenvalue weighted by molar-refractivity contribution is 6.31. The first kappa shape index (κ1) is 17.0. The third-order valence-electron chi connectivity index (χ3n) is 3.51. The van der Waals surface area contributed by atoms with Crippen LogP contribution in [-0.2, 0) is 6.61 Å². The van der Waals surface area contributed by atoms with Crippen LogP contribution in [0.2, 0.25) is 5.02 Å². The van der Waals surface area contributed by atoms with Crippen molar-refractivity contribution in [2.45, 2.75) is 6.61 Å². The van der Waals surface area contributed by atoms with Gasteiger partial charge in [0.2, 0.25) is 0 Å². The molecule has 0 unspecified atom stereocenters. The lowest BCUT2D eigenvalue weighted by Crippen LogP contribution is -2.14. The van der Waals surface area contributed by atoms with E-state index < -0.39 is 11.7 Å². The minimum atomic E-state index is -0.426. The van der Waals surface area contributed by atoms with E-state index >= 15 is 0 Å². The largest absolute Gasteiger partial charge is 0.488 e. The lowest BCUT2D eigenvalue weighted by Gasteiger charge is -2.12. The second-order valence-electron chi connectivity index (χ2n) is 5.38. The summed E-state index contributed by atoms with van der Waals surface area (Å²) in [6.45, 7) is 0.322. The van der Waals surface area contributed by atoms with E-state index in [1.165, 1.54) is 24.3 Å². The Hall–Kier alpha value is -2.85. The number of rotatable bonds is 5. The predicted molar refractivity (Wildman–Crippen MR) is 96.6 cm³/mol. The second-order valence-corrected chi connectivity index (χ2v) is 5.82. The van der Waals surface area contributed by atoms with Gasteiger partial charge in [-0.25, -0.2) is 4.39 Å². The van der Waals surface area contributed by atoms with Gasteiger partial charge in [-0.1, -0.05) is 48.0 Å². The van der Waals surface area contributed by atoms with Gasteiger partial charge in [0.1, 0.15) is 18.2 Å². The molecule has 0 saturated heterocycles. The number of carbonyl (C=O) groups is 1. The first-order chi connectivity index (χ1) is 12.1. The Balaban J connectivity index is 1.79. The summed E-state index contributed by atoms with van der Waals surface area (Å²) in [5.41, 5.74) is 1.63. The molecule has 0 atom stereocenters. The van der Waals surface area contributed by atoms with Crippen LogP contribution in [0.3, 0.4) is 0 Å². The molecule has 5 heteroatoms. The van der Waals surface area contributed by atoms with Crippen molar-refractivity contribution in [3.05, 3.63) is 94.8 Å². The summed E-state index contributed by atoms with van der Waals surface area (Å²) in [7, 11) is 0. The van der Waals surface area contributed by atoms with Crippen LogP contribution in [0.4, 0.5) is 10.1 Å². The van der Waals surface area contributed by atoms with Crippen molar-refractivity contribution in [1.82, 2.24) is 0 Å². The topological polar surface area (TPSA) is 38.3 Å². The first-order valence-electron chi connectivity index (χ1n) is 7.65. The normalized spacial score (nSPS) is 10.3. The maximum atomic E-state index is 13.3. The molecule has 0 spiro atoms. The van der Waals surface area contributed by atoms with E-state index in [1.807, 2.05) is 30.3 Å². The molecule has 0 heterocycles. The molecule has 3 rings (SSSR count). The van der Waals surface area contributed by atoms with E-state index in [0.29, 0.717) is 23.1 Å². The van der Waals surface area contributed by atoms with Crippen molar-refractivity contribution in [2.75, 3.05) is 5.32 Å². The molecule has 1 amide bonds. The SMILES string of the molecule is O=C(Nc1cccc(F)c1)c1cc(Cl)ccc1OCc1ccccc1. The fourth-order valence-electron chi connectivity index (χ4n) is 2.31. The van der Waals surface area contributed by atoms with Crippen LogP contribution >= 0.6 is 11.6 Å². The number of hydrogen-bond acceptors (Lipinski definition) is 2. The number of carbonyl (C=O) groups excluding carboxylic acids is 1. The Morgan fingerprint density at radius 2 is 1.80 bits per heavy atom. The molecule has 0 aliphatic carbocycles. The summed E-state index contributed by atoms with van der Waals surface area (Å²) in [4.78, 5) is 12.5. The maximum Gasteiger partial charge on any atom is 0.259 e.